The Morgan fingerprint density at radius 1 is 1.45 bits per heavy atom. The van der Waals surface area contributed by atoms with Crippen LogP contribution in [0, 0.1) is 5.92 Å². The van der Waals surface area contributed by atoms with Gasteiger partial charge in [-0.05, 0) is 12.3 Å². The van der Waals surface area contributed by atoms with E-state index in [-0.39, 0.29) is 6.10 Å². The average Bonchev–Trinajstić information content (AvgIpc) is 2.03. The number of hydrogen-bond donors (Lipinski definition) is 1. The van der Waals surface area contributed by atoms with Gasteiger partial charge in [-0.3, -0.25) is 0 Å². The monoisotopic (exact) mass is 156 g/mol. The summed E-state index contributed by atoms with van der Waals surface area (Å²) < 4.78 is 0. The van der Waals surface area contributed by atoms with Crippen molar-refractivity contribution in [2.75, 3.05) is 0 Å². The molecule has 0 aliphatic carbocycles. The summed E-state index contributed by atoms with van der Waals surface area (Å²) in [5.74, 6) is 0.374. The second kappa shape index (κ2) is 6.41. The number of unbranched alkanes of at least 4 members (excludes halogenated alkanes) is 2. The molecule has 0 aliphatic heterocycles. The summed E-state index contributed by atoms with van der Waals surface area (Å²) in [6, 6.07) is 0. The van der Waals surface area contributed by atoms with Gasteiger partial charge in [0.1, 0.15) is 0 Å². The molecule has 1 N–H and O–H groups in total. The van der Waals surface area contributed by atoms with Crippen molar-refractivity contribution in [1.29, 1.82) is 0 Å². The summed E-state index contributed by atoms with van der Waals surface area (Å²) in [5.41, 5.74) is 0. The maximum atomic E-state index is 9.31. The van der Waals surface area contributed by atoms with Crippen LogP contribution in [0.5, 0.6) is 0 Å². The number of rotatable bonds is 6. The van der Waals surface area contributed by atoms with E-state index in [0.717, 1.165) is 6.42 Å². The lowest BCUT2D eigenvalue weighted by Crippen LogP contribution is -2.13. The third kappa shape index (κ3) is 5.02. The van der Waals surface area contributed by atoms with Crippen LogP contribution in [-0.4, -0.2) is 11.2 Å². The van der Waals surface area contributed by atoms with Crippen molar-refractivity contribution in [3.05, 3.63) is 12.7 Å². The van der Waals surface area contributed by atoms with Crippen molar-refractivity contribution in [1.82, 2.24) is 0 Å². The Bertz CT molecular complexity index is 99.0. The molecule has 0 aliphatic rings. The minimum absolute atomic E-state index is 0.313. The molecule has 1 nitrogen and oxygen atoms in total. The minimum atomic E-state index is -0.313. The molecule has 1 heteroatoms. The van der Waals surface area contributed by atoms with Gasteiger partial charge >= 0.3 is 0 Å². The van der Waals surface area contributed by atoms with Crippen molar-refractivity contribution in [3.8, 4) is 0 Å². The SMILES string of the molecule is C=C[C@H](O)[C@@H](C)CCCCC. The molecule has 11 heavy (non-hydrogen) atoms. The van der Waals surface area contributed by atoms with Crippen LogP contribution in [0.4, 0.5) is 0 Å². The molecule has 0 unspecified atom stereocenters. The standard InChI is InChI=1S/C10H20O/c1-4-6-7-8-9(3)10(11)5-2/h5,9-11H,2,4,6-8H2,1,3H3/t9-,10-/m0/s1. The largest absolute Gasteiger partial charge is 0.389 e. The number of hydrogen-bond acceptors (Lipinski definition) is 1. The van der Waals surface area contributed by atoms with Gasteiger partial charge in [0.2, 0.25) is 0 Å². The first-order chi connectivity index (χ1) is 5.22. The molecule has 0 saturated carbocycles. The van der Waals surface area contributed by atoms with Crippen molar-refractivity contribution in [2.24, 2.45) is 5.92 Å². The molecule has 0 spiro atoms. The Morgan fingerprint density at radius 3 is 2.55 bits per heavy atom. The van der Waals surface area contributed by atoms with Gasteiger partial charge in [-0.15, -0.1) is 6.58 Å². The Morgan fingerprint density at radius 2 is 2.09 bits per heavy atom. The second-order valence-corrected chi connectivity index (χ2v) is 3.20. The molecule has 66 valence electrons. The average molecular weight is 156 g/mol. The highest BCUT2D eigenvalue weighted by Crippen LogP contribution is 2.13. The van der Waals surface area contributed by atoms with Crippen LogP contribution in [0.25, 0.3) is 0 Å². The van der Waals surface area contributed by atoms with Crippen LogP contribution in [0.15, 0.2) is 12.7 Å². The first kappa shape index (κ1) is 10.7. The minimum Gasteiger partial charge on any atom is -0.389 e. The van der Waals surface area contributed by atoms with Crippen LogP contribution in [0.1, 0.15) is 39.5 Å². The molecule has 0 fully saturated rings. The molecular formula is C10H20O. The predicted molar refractivity (Wildman–Crippen MR) is 49.5 cm³/mol. The zero-order chi connectivity index (χ0) is 8.69. The highest BCUT2D eigenvalue weighted by Gasteiger charge is 2.08. The van der Waals surface area contributed by atoms with Gasteiger partial charge in [0, 0.05) is 0 Å². The molecule has 0 saturated heterocycles. The van der Waals surface area contributed by atoms with Crippen LogP contribution in [-0.2, 0) is 0 Å². The molecule has 0 aromatic rings. The molecule has 0 rings (SSSR count). The fourth-order valence-electron chi connectivity index (χ4n) is 1.12. The summed E-state index contributed by atoms with van der Waals surface area (Å²) in [7, 11) is 0. The maximum Gasteiger partial charge on any atom is 0.0743 e. The van der Waals surface area contributed by atoms with Crippen molar-refractivity contribution >= 4 is 0 Å². The first-order valence-corrected chi connectivity index (χ1v) is 4.53. The molecular weight excluding hydrogens is 136 g/mol. The lowest BCUT2D eigenvalue weighted by Gasteiger charge is -2.14. The fourth-order valence-corrected chi connectivity index (χ4v) is 1.12. The van der Waals surface area contributed by atoms with E-state index in [1.54, 1.807) is 6.08 Å². The molecule has 0 aromatic carbocycles. The predicted octanol–water partition coefficient (Wildman–Crippen LogP) is 2.75. The van der Waals surface area contributed by atoms with Gasteiger partial charge in [-0.25, -0.2) is 0 Å². The van der Waals surface area contributed by atoms with E-state index in [0.29, 0.717) is 5.92 Å². The van der Waals surface area contributed by atoms with Gasteiger partial charge in [0.05, 0.1) is 6.10 Å². The third-order valence-corrected chi connectivity index (χ3v) is 2.09. The lowest BCUT2D eigenvalue weighted by atomic mass is 9.98. The number of aliphatic hydroxyl groups excluding tert-OH is 1. The Labute approximate surface area is 70.1 Å². The highest BCUT2D eigenvalue weighted by atomic mass is 16.3. The number of aliphatic hydroxyl groups is 1. The van der Waals surface area contributed by atoms with Gasteiger partial charge in [0.15, 0.2) is 0 Å². The zero-order valence-electron chi connectivity index (χ0n) is 7.71. The van der Waals surface area contributed by atoms with Crippen LogP contribution < -0.4 is 0 Å². The Balaban J connectivity index is 3.35. The third-order valence-electron chi connectivity index (χ3n) is 2.09. The Kier molecular flexibility index (Phi) is 6.24. The van der Waals surface area contributed by atoms with E-state index in [4.69, 9.17) is 0 Å². The first-order valence-electron chi connectivity index (χ1n) is 4.53. The normalized spacial score (nSPS) is 15.9. The van der Waals surface area contributed by atoms with Gasteiger partial charge in [0.25, 0.3) is 0 Å². The van der Waals surface area contributed by atoms with Crippen LogP contribution in [0.2, 0.25) is 0 Å². The molecule has 0 amide bonds. The van der Waals surface area contributed by atoms with Gasteiger partial charge < -0.3 is 5.11 Å². The van der Waals surface area contributed by atoms with Crippen molar-refractivity contribution in [2.45, 2.75) is 45.6 Å². The molecule has 2 atom stereocenters. The summed E-state index contributed by atoms with van der Waals surface area (Å²) in [4.78, 5) is 0. The van der Waals surface area contributed by atoms with Crippen LogP contribution >= 0.6 is 0 Å². The van der Waals surface area contributed by atoms with E-state index < -0.39 is 0 Å². The van der Waals surface area contributed by atoms with Crippen molar-refractivity contribution < 1.29 is 5.11 Å². The lowest BCUT2D eigenvalue weighted by molar-refractivity contribution is 0.155. The van der Waals surface area contributed by atoms with E-state index >= 15 is 0 Å². The van der Waals surface area contributed by atoms with Gasteiger partial charge in [-0.2, -0.15) is 0 Å². The van der Waals surface area contributed by atoms with Crippen molar-refractivity contribution in [3.63, 3.8) is 0 Å². The highest BCUT2D eigenvalue weighted by molar-refractivity contribution is 4.81. The Hall–Kier alpha value is -0.300. The fraction of sp³-hybridized carbons (Fsp3) is 0.800. The second-order valence-electron chi connectivity index (χ2n) is 3.20. The summed E-state index contributed by atoms with van der Waals surface area (Å²) in [5, 5.41) is 9.31. The molecule has 0 heterocycles. The zero-order valence-corrected chi connectivity index (χ0v) is 7.71. The summed E-state index contributed by atoms with van der Waals surface area (Å²) >= 11 is 0. The van der Waals surface area contributed by atoms with Crippen LogP contribution in [0.3, 0.4) is 0 Å². The van der Waals surface area contributed by atoms with E-state index in [1.807, 2.05) is 0 Å². The van der Waals surface area contributed by atoms with Gasteiger partial charge in [-0.1, -0.05) is 39.2 Å². The topological polar surface area (TPSA) is 20.2 Å². The summed E-state index contributed by atoms with van der Waals surface area (Å²) in [6.45, 7) is 7.82. The van der Waals surface area contributed by atoms with E-state index in [2.05, 4.69) is 20.4 Å². The quantitative estimate of drug-likeness (QED) is 0.463. The maximum absolute atomic E-state index is 9.31. The van der Waals surface area contributed by atoms with E-state index in [1.165, 1.54) is 19.3 Å². The smallest absolute Gasteiger partial charge is 0.0743 e. The molecule has 0 bridgehead atoms. The summed E-state index contributed by atoms with van der Waals surface area (Å²) in [6.07, 6.45) is 6.16. The molecule has 0 radical (unpaired) electrons. The van der Waals surface area contributed by atoms with E-state index in [9.17, 15) is 5.11 Å². The molecule has 0 aromatic heterocycles.